The Hall–Kier alpha value is -1.94. The number of fused-ring (bicyclic) bond motifs is 1. The van der Waals surface area contributed by atoms with Crippen molar-refractivity contribution < 1.29 is 0 Å². The number of hydrogen-bond donors (Lipinski definition) is 1. The molecule has 1 N–H and O–H groups in total. The van der Waals surface area contributed by atoms with Crippen LogP contribution in [-0.4, -0.2) is 17.0 Å². The summed E-state index contributed by atoms with van der Waals surface area (Å²) in [5.74, 6) is 0.878. The Morgan fingerprint density at radius 2 is 1.94 bits per heavy atom. The van der Waals surface area contributed by atoms with E-state index < -0.39 is 0 Å². The zero-order valence-electron chi connectivity index (χ0n) is 9.34. The molecule has 3 rings (SSSR count). The van der Waals surface area contributed by atoms with Gasteiger partial charge in [-0.15, -0.1) is 11.3 Å². The Balaban J connectivity index is 2.06. The predicted octanol–water partition coefficient (Wildman–Crippen LogP) is 3.40. The van der Waals surface area contributed by atoms with E-state index in [2.05, 4.69) is 39.6 Å². The summed E-state index contributed by atoms with van der Waals surface area (Å²) < 4.78 is 1.22. The van der Waals surface area contributed by atoms with Gasteiger partial charge >= 0.3 is 0 Å². The van der Waals surface area contributed by atoms with Gasteiger partial charge in [0.25, 0.3) is 0 Å². The Morgan fingerprint density at radius 3 is 2.71 bits per heavy atom. The molecule has 0 bridgehead atoms. The van der Waals surface area contributed by atoms with Crippen LogP contribution in [0.4, 0.5) is 5.82 Å². The van der Waals surface area contributed by atoms with Crippen molar-refractivity contribution in [1.29, 1.82) is 0 Å². The van der Waals surface area contributed by atoms with Crippen LogP contribution in [0, 0.1) is 0 Å². The van der Waals surface area contributed by atoms with E-state index in [1.54, 1.807) is 11.3 Å². The molecule has 0 fully saturated rings. The molecule has 0 aliphatic rings. The van der Waals surface area contributed by atoms with Gasteiger partial charge in [0.1, 0.15) is 5.82 Å². The van der Waals surface area contributed by atoms with E-state index in [-0.39, 0.29) is 0 Å². The van der Waals surface area contributed by atoms with Crippen molar-refractivity contribution in [3.8, 4) is 11.1 Å². The number of thiazole rings is 1. The maximum Gasteiger partial charge on any atom is 0.125 e. The zero-order chi connectivity index (χ0) is 11.7. The minimum Gasteiger partial charge on any atom is -0.373 e. The van der Waals surface area contributed by atoms with Gasteiger partial charge in [0.2, 0.25) is 0 Å². The van der Waals surface area contributed by atoms with Crippen LogP contribution in [0.2, 0.25) is 0 Å². The van der Waals surface area contributed by atoms with E-state index in [9.17, 15) is 0 Å². The molecule has 1 aromatic carbocycles. The molecule has 0 saturated heterocycles. The first-order chi connectivity index (χ1) is 8.36. The number of nitrogens with zero attached hydrogens (tertiary/aromatic N) is 2. The maximum absolute atomic E-state index is 4.32. The fourth-order valence-corrected chi connectivity index (χ4v) is 2.41. The fraction of sp³-hybridized carbons (Fsp3) is 0.0769. The minimum atomic E-state index is 0.878. The molecule has 0 aliphatic carbocycles. The van der Waals surface area contributed by atoms with E-state index in [4.69, 9.17) is 0 Å². The SMILES string of the molecule is CNc1ccc(-c2ccc3scnc3c2)cn1. The average molecular weight is 241 g/mol. The van der Waals surface area contributed by atoms with Gasteiger partial charge < -0.3 is 5.32 Å². The molecule has 0 atom stereocenters. The van der Waals surface area contributed by atoms with E-state index in [1.165, 1.54) is 4.70 Å². The van der Waals surface area contributed by atoms with Gasteiger partial charge in [-0.25, -0.2) is 9.97 Å². The summed E-state index contributed by atoms with van der Waals surface area (Å²) in [5, 5.41) is 3.01. The zero-order valence-corrected chi connectivity index (χ0v) is 10.2. The van der Waals surface area contributed by atoms with Gasteiger partial charge in [-0.2, -0.15) is 0 Å². The van der Waals surface area contributed by atoms with E-state index >= 15 is 0 Å². The number of anilines is 1. The molecule has 2 aromatic heterocycles. The third-order valence-corrected chi connectivity index (χ3v) is 3.49. The maximum atomic E-state index is 4.32. The number of benzene rings is 1. The summed E-state index contributed by atoms with van der Waals surface area (Å²) in [7, 11) is 1.86. The highest BCUT2D eigenvalue weighted by molar-refractivity contribution is 7.16. The number of rotatable bonds is 2. The van der Waals surface area contributed by atoms with Crippen LogP contribution >= 0.6 is 11.3 Å². The summed E-state index contributed by atoms with van der Waals surface area (Å²) in [5.41, 5.74) is 5.18. The largest absolute Gasteiger partial charge is 0.373 e. The molecule has 3 aromatic rings. The fourth-order valence-electron chi connectivity index (χ4n) is 1.75. The lowest BCUT2D eigenvalue weighted by molar-refractivity contribution is 1.29. The monoisotopic (exact) mass is 241 g/mol. The lowest BCUT2D eigenvalue weighted by atomic mass is 10.1. The molecule has 0 aliphatic heterocycles. The van der Waals surface area contributed by atoms with Crippen molar-refractivity contribution >= 4 is 27.4 Å². The van der Waals surface area contributed by atoms with Crippen LogP contribution in [0.3, 0.4) is 0 Å². The first-order valence-corrected chi connectivity index (χ1v) is 6.22. The molecular formula is C13H11N3S. The number of aromatic nitrogens is 2. The second kappa shape index (κ2) is 4.14. The first kappa shape index (κ1) is 10.2. The number of pyridine rings is 1. The van der Waals surface area contributed by atoms with Crippen LogP contribution in [0.1, 0.15) is 0 Å². The van der Waals surface area contributed by atoms with Gasteiger partial charge in [-0.05, 0) is 29.8 Å². The molecule has 0 saturated carbocycles. The van der Waals surface area contributed by atoms with Gasteiger partial charge in [-0.3, -0.25) is 0 Å². The Bertz CT molecular complexity index is 643. The highest BCUT2D eigenvalue weighted by Crippen LogP contribution is 2.25. The summed E-state index contributed by atoms with van der Waals surface area (Å²) in [6, 6.07) is 10.3. The Morgan fingerprint density at radius 1 is 1.06 bits per heavy atom. The molecule has 0 amide bonds. The quantitative estimate of drug-likeness (QED) is 0.747. The molecule has 3 nitrogen and oxygen atoms in total. The van der Waals surface area contributed by atoms with Crippen molar-refractivity contribution in [2.24, 2.45) is 0 Å². The highest BCUT2D eigenvalue weighted by Gasteiger charge is 2.02. The average Bonchev–Trinajstić information content (AvgIpc) is 2.86. The molecule has 17 heavy (non-hydrogen) atoms. The van der Waals surface area contributed by atoms with Crippen molar-refractivity contribution in [1.82, 2.24) is 9.97 Å². The molecule has 2 heterocycles. The summed E-state index contributed by atoms with van der Waals surface area (Å²) >= 11 is 1.66. The molecule has 4 heteroatoms. The van der Waals surface area contributed by atoms with Gasteiger partial charge in [0.15, 0.2) is 0 Å². The summed E-state index contributed by atoms with van der Waals surface area (Å²) in [6.45, 7) is 0. The second-order valence-corrected chi connectivity index (χ2v) is 4.60. The van der Waals surface area contributed by atoms with Crippen LogP contribution in [-0.2, 0) is 0 Å². The number of hydrogen-bond acceptors (Lipinski definition) is 4. The van der Waals surface area contributed by atoms with Gasteiger partial charge in [-0.1, -0.05) is 6.07 Å². The number of nitrogens with one attached hydrogen (secondary N) is 1. The molecule has 0 spiro atoms. The summed E-state index contributed by atoms with van der Waals surface area (Å²) in [4.78, 5) is 8.64. The molecule has 0 radical (unpaired) electrons. The third kappa shape index (κ3) is 1.87. The minimum absolute atomic E-state index is 0.878. The first-order valence-electron chi connectivity index (χ1n) is 5.34. The van der Waals surface area contributed by atoms with Gasteiger partial charge in [0.05, 0.1) is 15.7 Å². The summed E-state index contributed by atoms with van der Waals surface area (Å²) in [6.07, 6.45) is 1.87. The van der Waals surface area contributed by atoms with Gasteiger partial charge in [0, 0.05) is 18.8 Å². The smallest absolute Gasteiger partial charge is 0.125 e. The lowest BCUT2D eigenvalue weighted by Crippen LogP contribution is -1.91. The standard InChI is InChI=1S/C13H11N3S/c1-14-13-5-3-10(7-15-13)9-2-4-12-11(6-9)16-8-17-12/h2-8H,1H3,(H,14,15). The van der Waals surface area contributed by atoms with E-state index in [1.807, 2.05) is 24.8 Å². The van der Waals surface area contributed by atoms with Crippen LogP contribution < -0.4 is 5.32 Å². The van der Waals surface area contributed by atoms with E-state index in [0.29, 0.717) is 0 Å². The van der Waals surface area contributed by atoms with Crippen molar-refractivity contribution in [2.75, 3.05) is 12.4 Å². The van der Waals surface area contributed by atoms with Crippen molar-refractivity contribution in [2.45, 2.75) is 0 Å². The molecule has 84 valence electrons. The Labute approximate surface area is 103 Å². The van der Waals surface area contributed by atoms with Crippen molar-refractivity contribution in [3.63, 3.8) is 0 Å². The molecular weight excluding hydrogens is 230 g/mol. The topological polar surface area (TPSA) is 37.8 Å². The second-order valence-electron chi connectivity index (χ2n) is 3.72. The lowest BCUT2D eigenvalue weighted by Gasteiger charge is -2.03. The predicted molar refractivity (Wildman–Crippen MR) is 72.4 cm³/mol. The normalized spacial score (nSPS) is 10.6. The van der Waals surface area contributed by atoms with E-state index in [0.717, 1.165) is 22.5 Å². The van der Waals surface area contributed by atoms with Crippen molar-refractivity contribution in [3.05, 3.63) is 42.0 Å². The highest BCUT2D eigenvalue weighted by atomic mass is 32.1. The Kier molecular flexibility index (Phi) is 2.49. The molecule has 0 unspecified atom stereocenters. The van der Waals surface area contributed by atoms with Crippen LogP contribution in [0.15, 0.2) is 42.0 Å². The van der Waals surface area contributed by atoms with Crippen LogP contribution in [0.25, 0.3) is 21.3 Å². The van der Waals surface area contributed by atoms with Crippen LogP contribution in [0.5, 0.6) is 0 Å². The third-order valence-electron chi connectivity index (χ3n) is 2.68.